The molecule has 0 radical (unpaired) electrons. The third-order valence-corrected chi connectivity index (χ3v) is 7.18. The van der Waals surface area contributed by atoms with Crippen LogP contribution in [0.5, 0.6) is 0 Å². The van der Waals surface area contributed by atoms with Crippen LogP contribution in [-0.4, -0.2) is 42.9 Å². The van der Waals surface area contributed by atoms with E-state index in [0.29, 0.717) is 0 Å². The van der Waals surface area contributed by atoms with Gasteiger partial charge in [0, 0.05) is 12.0 Å². The number of morpholine rings is 1. The van der Waals surface area contributed by atoms with E-state index in [1.54, 1.807) is 0 Å². The molecule has 2 atom stereocenters. The highest BCUT2D eigenvalue weighted by atomic mass is 19.2. The highest BCUT2D eigenvalue weighted by Crippen LogP contribution is 2.45. The highest BCUT2D eigenvalue weighted by molar-refractivity contribution is 5.79. The molecule has 1 fully saturated rings. The topological polar surface area (TPSA) is 38.8 Å². The molecule has 2 bridgehead atoms. The number of halogens is 4. The molecular weight excluding hydrogens is 474 g/mol. The first kappa shape index (κ1) is 22.8. The minimum atomic E-state index is -1.47. The van der Waals surface area contributed by atoms with Gasteiger partial charge in [0.1, 0.15) is 6.61 Å². The Kier molecular flexibility index (Phi) is 5.56. The molecule has 0 aromatic heterocycles. The first-order valence-corrected chi connectivity index (χ1v) is 11.7. The Morgan fingerprint density at radius 2 is 1.53 bits per heavy atom. The van der Waals surface area contributed by atoms with E-state index in [4.69, 9.17) is 9.47 Å². The zero-order chi connectivity index (χ0) is 25.0. The smallest absolute Gasteiger partial charge is 0.410 e. The second kappa shape index (κ2) is 8.78. The van der Waals surface area contributed by atoms with Gasteiger partial charge in [0.25, 0.3) is 0 Å². The molecule has 2 aliphatic heterocycles. The molecule has 3 aromatic rings. The van der Waals surface area contributed by atoms with Crippen LogP contribution < -0.4 is 0 Å². The van der Waals surface area contributed by atoms with Gasteiger partial charge in [0.05, 0.1) is 30.9 Å². The molecule has 3 aromatic carbocycles. The van der Waals surface area contributed by atoms with Crippen molar-refractivity contribution in [1.82, 2.24) is 4.90 Å². The van der Waals surface area contributed by atoms with Gasteiger partial charge in [-0.1, -0.05) is 54.6 Å². The van der Waals surface area contributed by atoms with Crippen LogP contribution in [0.3, 0.4) is 0 Å². The summed E-state index contributed by atoms with van der Waals surface area (Å²) in [4.78, 5) is 14.7. The molecule has 3 aliphatic rings. The highest BCUT2D eigenvalue weighted by Gasteiger charge is 2.41. The zero-order valence-corrected chi connectivity index (χ0v) is 19.0. The quantitative estimate of drug-likeness (QED) is 0.328. The van der Waals surface area contributed by atoms with Gasteiger partial charge in [0.15, 0.2) is 23.3 Å². The third-order valence-electron chi connectivity index (χ3n) is 7.18. The van der Waals surface area contributed by atoms with Crippen LogP contribution in [-0.2, 0) is 9.47 Å². The summed E-state index contributed by atoms with van der Waals surface area (Å²) < 4.78 is 67.8. The SMILES string of the molecule is O=C(OCC1c2ccccc2-c2ccccc21)N1C2C=C(c3c(F)c(F)cc(F)c3F)CC1COC2. The van der Waals surface area contributed by atoms with Crippen LogP contribution >= 0.6 is 0 Å². The van der Waals surface area contributed by atoms with Gasteiger partial charge in [-0.3, -0.25) is 4.90 Å². The van der Waals surface area contributed by atoms with Crippen LogP contribution in [0.25, 0.3) is 16.7 Å². The Morgan fingerprint density at radius 3 is 2.14 bits per heavy atom. The van der Waals surface area contributed by atoms with E-state index < -0.39 is 47.0 Å². The fourth-order valence-electron chi connectivity index (χ4n) is 5.59. The van der Waals surface area contributed by atoms with Gasteiger partial charge in [-0.2, -0.15) is 0 Å². The Labute approximate surface area is 204 Å². The predicted octanol–water partition coefficient (Wildman–Crippen LogP) is 6.05. The van der Waals surface area contributed by atoms with Crippen molar-refractivity contribution in [2.75, 3.05) is 19.8 Å². The fraction of sp³-hybridized carbons (Fsp3) is 0.250. The van der Waals surface area contributed by atoms with Crippen molar-refractivity contribution in [2.45, 2.75) is 24.4 Å². The van der Waals surface area contributed by atoms with Gasteiger partial charge in [-0.05, 0) is 34.2 Å². The Hall–Kier alpha value is -3.65. The predicted molar refractivity (Wildman–Crippen MR) is 124 cm³/mol. The van der Waals surface area contributed by atoms with Crippen molar-refractivity contribution in [3.8, 4) is 11.1 Å². The zero-order valence-electron chi connectivity index (χ0n) is 19.0. The molecule has 1 aliphatic carbocycles. The fourth-order valence-corrected chi connectivity index (χ4v) is 5.59. The van der Waals surface area contributed by atoms with Crippen molar-refractivity contribution < 1.29 is 31.8 Å². The number of nitrogens with zero attached hydrogens (tertiary/aromatic N) is 1. The Balaban J connectivity index is 1.25. The lowest BCUT2D eigenvalue weighted by Crippen LogP contribution is -2.56. The Morgan fingerprint density at radius 1 is 0.917 bits per heavy atom. The summed E-state index contributed by atoms with van der Waals surface area (Å²) in [7, 11) is 0. The molecule has 0 spiro atoms. The number of carbonyl (C=O) groups is 1. The molecule has 8 heteroatoms. The van der Waals surface area contributed by atoms with Crippen LogP contribution in [0.4, 0.5) is 22.4 Å². The number of hydrogen-bond acceptors (Lipinski definition) is 3. The summed E-state index contributed by atoms with van der Waals surface area (Å²) in [5.74, 6) is -5.95. The van der Waals surface area contributed by atoms with Gasteiger partial charge >= 0.3 is 6.09 Å². The van der Waals surface area contributed by atoms with E-state index in [2.05, 4.69) is 0 Å². The number of fused-ring (bicyclic) bond motifs is 5. The Bertz CT molecular complexity index is 1330. The largest absolute Gasteiger partial charge is 0.448 e. The second-order valence-electron chi connectivity index (χ2n) is 9.21. The van der Waals surface area contributed by atoms with Gasteiger partial charge < -0.3 is 9.47 Å². The number of hydrogen-bond donors (Lipinski definition) is 0. The molecule has 2 unspecified atom stereocenters. The van der Waals surface area contributed by atoms with Gasteiger partial charge in [-0.25, -0.2) is 22.4 Å². The maximum absolute atomic E-state index is 14.4. The summed E-state index contributed by atoms with van der Waals surface area (Å²) in [6.07, 6.45) is 0.825. The first-order chi connectivity index (χ1) is 17.4. The molecule has 2 heterocycles. The number of amides is 1. The van der Waals surface area contributed by atoms with Crippen LogP contribution in [0.1, 0.15) is 29.0 Å². The molecule has 1 amide bonds. The van der Waals surface area contributed by atoms with Crippen molar-refractivity contribution >= 4 is 11.7 Å². The van der Waals surface area contributed by atoms with E-state index in [1.165, 1.54) is 11.0 Å². The van der Waals surface area contributed by atoms with Crippen molar-refractivity contribution in [1.29, 1.82) is 0 Å². The summed E-state index contributed by atoms with van der Waals surface area (Å²) in [5, 5.41) is 0. The van der Waals surface area contributed by atoms with Crippen LogP contribution in [0.15, 0.2) is 60.7 Å². The molecular formula is C28H21F4NO3. The molecule has 0 saturated carbocycles. The molecule has 0 N–H and O–H groups in total. The maximum Gasteiger partial charge on any atom is 0.410 e. The number of benzene rings is 3. The van der Waals surface area contributed by atoms with E-state index >= 15 is 0 Å². The summed E-state index contributed by atoms with van der Waals surface area (Å²) >= 11 is 0. The van der Waals surface area contributed by atoms with Gasteiger partial charge in [0.2, 0.25) is 0 Å². The lowest BCUT2D eigenvalue weighted by atomic mass is 9.89. The number of carbonyl (C=O) groups excluding carboxylic acids is 1. The monoisotopic (exact) mass is 495 g/mol. The number of rotatable bonds is 3. The molecule has 4 nitrogen and oxygen atoms in total. The maximum atomic E-state index is 14.4. The average molecular weight is 495 g/mol. The van der Waals surface area contributed by atoms with Crippen LogP contribution in [0, 0.1) is 23.3 Å². The normalized spacial score (nSPS) is 20.6. The molecule has 6 rings (SSSR count). The average Bonchev–Trinajstić information content (AvgIpc) is 3.19. The lowest BCUT2D eigenvalue weighted by molar-refractivity contribution is -0.0332. The third kappa shape index (κ3) is 3.59. The van der Waals surface area contributed by atoms with Crippen molar-refractivity contribution in [3.63, 3.8) is 0 Å². The second-order valence-corrected chi connectivity index (χ2v) is 9.21. The van der Waals surface area contributed by atoms with Crippen molar-refractivity contribution in [2.24, 2.45) is 0 Å². The van der Waals surface area contributed by atoms with E-state index in [1.807, 2.05) is 48.5 Å². The molecule has 1 saturated heterocycles. The minimum absolute atomic E-state index is 0.0303. The minimum Gasteiger partial charge on any atom is -0.448 e. The van der Waals surface area contributed by atoms with E-state index in [-0.39, 0.29) is 43.8 Å². The lowest BCUT2D eigenvalue weighted by Gasteiger charge is -2.44. The standard InChI is InChI=1S/C28H21F4NO3/c29-23-11-24(30)27(32)25(26(23)31)15-9-16-12-35-13-17(10-15)33(16)28(34)36-14-22-20-7-3-1-5-18(20)19-6-2-4-8-21(19)22/h1-9,11,16-17,22H,10,12-14H2. The summed E-state index contributed by atoms with van der Waals surface area (Å²) in [5.41, 5.74) is 3.73. The summed E-state index contributed by atoms with van der Waals surface area (Å²) in [6.45, 7) is 0.308. The summed E-state index contributed by atoms with van der Waals surface area (Å²) in [6, 6.07) is 14.9. The van der Waals surface area contributed by atoms with Crippen molar-refractivity contribution in [3.05, 3.63) is 101 Å². The molecule has 36 heavy (non-hydrogen) atoms. The first-order valence-electron chi connectivity index (χ1n) is 11.7. The molecule has 184 valence electrons. The van der Waals surface area contributed by atoms with E-state index in [0.717, 1.165) is 22.3 Å². The van der Waals surface area contributed by atoms with Gasteiger partial charge in [-0.15, -0.1) is 0 Å². The van der Waals surface area contributed by atoms with Crippen LogP contribution in [0.2, 0.25) is 0 Å². The number of ether oxygens (including phenoxy) is 2. The van der Waals surface area contributed by atoms with E-state index in [9.17, 15) is 22.4 Å².